The van der Waals surface area contributed by atoms with Gasteiger partial charge in [-0.1, -0.05) is 23.7 Å². The molecule has 0 unspecified atom stereocenters. The molecule has 8 heteroatoms. The van der Waals surface area contributed by atoms with Crippen LogP contribution < -0.4 is 0 Å². The number of ether oxygens (including phenoxy) is 1. The summed E-state index contributed by atoms with van der Waals surface area (Å²) in [5, 5.41) is 0.427. The molecule has 2 heterocycles. The highest BCUT2D eigenvalue weighted by Gasteiger charge is 2.12. The zero-order valence-electron chi connectivity index (χ0n) is 13.6. The number of nitrogens with zero attached hydrogens (tertiary/aromatic N) is 4. The molecule has 0 bridgehead atoms. The normalized spacial score (nSPS) is 9.92. The quantitative estimate of drug-likeness (QED) is 0.320. The van der Waals surface area contributed by atoms with Crippen molar-refractivity contribution < 1.29 is 14.3 Å². The summed E-state index contributed by atoms with van der Waals surface area (Å²) in [6.45, 7) is -0.175. The van der Waals surface area contributed by atoms with Crippen LogP contribution >= 0.6 is 11.8 Å². The lowest BCUT2D eigenvalue weighted by molar-refractivity contribution is -0.149. The van der Waals surface area contributed by atoms with Gasteiger partial charge < -0.3 is 9.64 Å². The third kappa shape index (κ3) is 5.90. The van der Waals surface area contributed by atoms with Gasteiger partial charge in [0.15, 0.2) is 11.8 Å². The van der Waals surface area contributed by atoms with Gasteiger partial charge in [-0.2, -0.15) is 0 Å². The standard InChI is InChI=1S/C17H16N4O3S/c1-3-10-21(2)15(22)11-24-16(23)12-25-17-19-9-7-14(20-17)13-6-4-5-8-18-13/h1,4-9H,10-12H2,2H3. The minimum absolute atomic E-state index is 0.00218. The number of hydrogen-bond donors (Lipinski definition) is 0. The van der Waals surface area contributed by atoms with Gasteiger partial charge in [0.05, 0.1) is 23.7 Å². The van der Waals surface area contributed by atoms with E-state index in [4.69, 9.17) is 11.2 Å². The lowest BCUT2D eigenvalue weighted by Gasteiger charge is -2.13. The molecule has 0 fully saturated rings. The summed E-state index contributed by atoms with van der Waals surface area (Å²) in [5.41, 5.74) is 1.38. The van der Waals surface area contributed by atoms with Crippen molar-refractivity contribution in [3.63, 3.8) is 0 Å². The van der Waals surface area contributed by atoms with Crippen LogP contribution in [0.3, 0.4) is 0 Å². The highest BCUT2D eigenvalue weighted by molar-refractivity contribution is 7.99. The lowest BCUT2D eigenvalue weighted by Crippen LogP contribution is -2.31. The summed E-state index contributed by atoms with van der Waals surface area (Å²) in [4.78, 5) is 37.3. The predicted octanol–water partition coefficient (Wildman–Crippen LogP) is 1.27. The third-order valence-electron chi connectivity index (χ3n) is 2.99. The van der Waals surface area contributed by atoms with E-state index in [-0.39, 0.29) is 24.8 Å². The average molecular weight is 356 g/mol. The Bertz CT molecular complexity index is 777. The topological polar surface area (TPSA) is 85.3 Å². The van der Waals surface area contributed by atoms with E-state index < -0.39 is 5.97 Å². The van der Waals surface area contributed by atoms with Crippen molar-refractivity contribution in [2.75, 3.05) is 26.0 Å². The van der Waals surface area contributed by atoms with E-state index in [1.807, 2.05) is 18.2 Å². The second-order valence-corrected chi connectivity index (χ2v) is 5.79. The molecule has 7 nitrogen and oxygen atoms in total. The van der Waals surface area contributed by atoms with E-state index in [0.29, 0.717) is 10.9 Å². The zero-order chi connectivity index (χ0) is 18.1. The van der Waals surface area contributed by atoms with Crippen molar-refractivity contribution in [1.82, 2.24) is 19.9 Å². The fourth-order valence-electron chi connectivity index (χ4n) is 1.71. The van der Waals surface area contributed by atoms with Gasteiger partial charge >= 0.3 is 5.97 Å². The van der Waals surface area contributed by atoms with E-state index in [0.717, 1.165) is 17.5 Å². The first-order valence-corrected chi connectivity index (χ1v) is 8.29. The number of rotatable bonds is 7. The minimum Gasteiger partial charge on any atom is -0.455 e. The number of hydrogen-bond acceptors (Lipinski definition) is 7. The summed E-state index contributed by atoms with van der Waals surface area (Å²) >= 11 is 1.13. The van der Waals surface area contributed by atoms with Gasteiger partial charge in [0, 0.05) is 19.4 Å². The van der Waals surface area contributed by atoms with Crippen LogP contribution in [0.1, 0.15) is 0 Å². The Kier molecular flexibility index (Phi) is 6.92. The molecule has 2 aromatic rings. The van der Waals surface area contributed by atoms with Gasteiger partial charge in [-0.05, 0) is 18.2 Å². The van der Waals surface area contributed by atoms with Crippen LogP contribution in [-0.2, 0) is 14.3 Å². The lowest BCUT2D eigenvalue weighted by atomic mass is 10.3. The number of pyridine rings is 1. The van der Waals surface area contributed by atoms with Crippen molar-refractivity contribution >= 4 is 23.6 Å². The van der Waals surface area contributed by atoms with Crippen LogP contribution in [0.4, 0.5) is 0 Å². The number of likely N-dealkylation sites (N-methyl/N-ethyl adjacent to an activating group) is 1. The van der Waals surface area contributed by atoms with Gasteiger partial charge in [0.1, 0.15) is 0 Å². The summed E-state index contributed by atoms with van der Waals surface area (Å²) in [7, 11) is 1.54. The van der Waals surface area contributed by atoms with Crippen molar-refractivity contribution in [3.05, 3.63) is 36.7 Å². The van der Waals surface area contributed by atoms with E-state index in [2.05, 4.69) is 20.9 Å². The summed E-state index contributed by atoms with van der Waals surface area (Å²) in [5.74, 6) is 1.45. The molecule has 0 saturated carbocycles. The molecule has 25 heavy (non-hydrogen) atoms. The molecule has 0 aliphatic rings. The van der Waals surface area contributed by atoms with E-state index in [1.165, 1.54) is 4.90 Å². The van der Waals surface area contributed by atoms with Crippen LogP contribution in [-0.4, -0.2) is 57.7 Å². The SMILES string of the molecule is C#CCN(C)C(=O)COC(=O)CSc1nccc(-c2ccccn2)n1. The van der Waals surface area contributed by atoms with Crippen LogP contribution in [0.15, 0.2) is 41.8 Å². The van der Waals surface area contributed by atoms with E-state index in [1.54, 1.807) is 25.5 Å². The molecular weight excluding hydrogens is 340 g/mol. The van der Waals surface area contributed by atoms with Gasteiger partial charge in [0.25, 0.3) is 5.91 Å². The highest BCUT2D eigenvalue weighted by atomic mass is 32.2. The molecule has 0 aliphatic carbocycles. The van der Waals surface area contributed by atoms with Gasteiger partial charge in [0.2, 0.25) is 0 Å². The first kappa shape index (κ1) is 18.4. The Morgan fingerprint density at radius 2 is 2.08 bits per heavy atom. The molecule has 0 aliphatic heterocycles. The molecule has 0 saturated heterocycles. The summed E-state index contributed by atoms with van der Waals surface area (Å²) in [6.07, 6.45) is 8.39. The molecule has 0 spiro atoms. The van der Waals surface area contributed by atoms with E-state index >= 15 is 0 Å². The number of carbonyl (C=O) groups excluding carboxylic acids is 2. The molecule has 2 aromatic heterocycles. The van der Waals surface area contributed by atoms with Gasteiger partial charge in [-0.3, -0.25) is 14.6 Å². The second kappa shape index (κ2) is 9.39. The Hall–Kier alpha value is -2.92. The predicted molar refractivity (Wildman–Crippen MR) is 93.4 cm³/mol. The number of carbonyl (C=O) groups is 2. The van der Waals surface area contributed by atoms with Crippen LogP contribution in [0.25, 0.3) is 11.4 Å². The van der Waals surface area contributed by atoms with Crippen molar-refractivity contribution in [2.24, 2.45) is 0 Å². The van der Waals surface area contributed by atoms with Gasteiger partial charge in [-0.15, -0.1) is 6.42 Å². The summed E-state index contributed by atoms with van der Waals surface area (Å²) < 4.78 is 4.92. The Morgan fingerprint density at radius 1 is 1.24 bits per heavy atom. The van der Waals surface area contributed by atoms with Crippen LogP contribution in [0, 0.1) is 12.3 Å². The summed E-state index contributed by atoms with van der Waals surface area (Å²) in [6, 6.07) is 7.26. The van der Waals surface area contributed by atoms with Crippen molar-refractivity contribution in [2.45, 2.75) is 5.16 Å². The molecule has 0 atom stereocenters. The molecular formula is C17H16N4O3S. The largest absolute Gasteiger partial charge is 0.455 e. The fourth-order valence-corrected chi connectivity index (χ4v) is 2.34. The number of amides is 1. The second-order valence-electron chi connectivity index (χ2n) is 4.84. The Morgan fingerprint density at radius 3 is 2.80 bits per heavy atom. The molecule has 0 N–H and O–H groups in total. The maximum atomic E-state index is 11.7. The van der Waals surface area contributed by atoms with E-state index in [9.17, 15) is 9.59 Å². The number of aromatic nitrogens is 3. The van der Waals surface area contributed by atoms with Gasteiger partial charge in [-0.25, -0.2) is 9.97 Å². The smallest absolute Gasteiger partial charge is 0.316 e. The first-order chi connectivity index (χ1) is 12.1. The van der Waals surface area contributed by atoms with Crippen molar-refractivity contribution in [1.29, 1.82) is 0 Å². The zero-order valence-corrected chi connectivity index (χ0v) is 14.4. The number of thioether (sulfide) groups is 1. The highest BCUT2D eigenvalue weighted by Crippen LogP contribution is 2.18. The van der Waals surface area contributed by atoms with Crippen LogP contribution in [0.2, 0.25) is 0 Å². The average Bonchev–Trinajstić information content (AvgIpc) is 2.65. The fraction of sp³-hybridized carbons (Fsp3) is 0.235. The Labute approximate surface area is 149 Å². The number of terminal acetylenes is 1. The first-order valence-electron chi connectivity index (χ1n) is 7.30. The Balaban J connectivity index is 1.84. The third-order valence-corrected chi connectivity index (χ3v) is 3.83. The molecule has 0 radical (unpaired) electrons. The molecule has 2 rings (SSSR count). The maximum absolute atomic E-state index is 11.7. The molecule has 128 valence electrons. The molecule has 1 amide bonds. The minimum atomic E-state index is -0.528. The van der Waals surface area contributed by atoms with Crippen LogP contribution in [0.5, 0.6) is 0 Å². The molecule has 0 aromatic carbocycles. The maximum Gasteiger partial charge on any atom is 0.316 e. The monoisotopic (exact) mass is 356 g/mol. The van der Waals surface area contributed by atoms with Crippen molar-refractivity contribution in [3.8, 4) is 23.7 Å². The number of esters is 1.